The van der Waals surface area contributed by atoms with Crippen LogP contribution in [0.2, 0.25) is 0 Å². The molecule has 3 rings (SSSR count). The summed E-state index contributed by atoms with van der Waals surface area (Å²) in [5.41, 5.74) is 2.59. The highest BCUT2D eigenvalue weighted by molar-refractivity contribution is 5.78. The number of furan rings is 1. The maximum absolute atomic E-state index is 10.8. The quantitative estimate of drug-likeness (QED) is 0.363. The molecule has 0 fully saturated rings. The van der Waals surface area contributed by atoms with E-state index in [1.807, 2.05) is 0 Å². The molecule has 1 aromatic carbocycles. The van der Waals surface area contributed by atoms with Gasteiger partial charge in [-0.2, -0.15) is 10.3 Å². The summed E-state index contributed by atoms with van der Waals surface area (Å²) in [7, 11) is 0. The molecule has 2 aromatic heterocycles. The van der Waals surface area contributed by atoms with E-state index >= 15 is 0 Å². The lowest BCUT2D eigenvalue weighted by molar-refractivity contribution is -0.385. The van der Waals surface area contributed by atoms with Crippen LogP contribution < -0.4 is 5.43 Å². The van der Waals surface area contributed by atoms with Crippen molar-refractivity contribution >= 4 is 17.9 Å². The number of hydrazone groups is 1. The maximum Gasteiger partial charge on any atom is 0.311 e. The molecule has 23 heavy (non-hydrogen) atoms. The van der Waals surface area contributed by atoms with E-state index < -0.39 is 16.4 Å². The smallest absolute Gasteiger partial charge is 0.311 e. The number of H-pyrrole nitrogens is 1. The van der Waals surface area contributed by atoms with Gasteiger partial charge >= 0.3 is 5.69 Å². The first kappa shape index (κ1) is 14.2. The predicted octanol–water partition coefficient (Wildman–Crippen LogP) is 1.52. The number of nitrogens with zero attached hydrogens (tertiary/aromatic N) is 5. The number of phenols is 1. The molecule has 3 aromatic rings. The molecule has 2 heterocycles. The first-order chi connectivity index (χ1) is 11.1. The van der Waals surface area contributed by atoms with E-state index in [0.29, 0.717) is 17.1 Å². The molecule has 0 aliphatic heterocycles. The van der Waals surface area contributed by atoms with Crippen molar-refractivity contribution < 1.29 is 14.4 Å². The molecule has 0 atom stereocenters. The van der Waals surface area contributed by atoms with Crippen molar-refractivity contribution in [2.24, 2.45) is 5.10 Å². The number of aromatic hydroxyl groups is 1. The summed E-state index contributed by atoms with van der Waals surface area (Å²) in [6, 6.07) is 7.25. The van der Waals surface area contributed by atoms with Crippen molar-refractivity contribution in [3.05, 3.63) is 46.2 Å². The molecular formula is C12H9N7O4. The van der Waals surface area contributed by atoms with Crippen molar-refractivity contribution in [3.63, 3.8) is 0 Å². The summed E-state index contributed by atoms with van der Waals surface area (Å²) in [4.78, 5) is 10.2. The summed E-state index contributed by atoms with van der Waals surface area (Å²) in [5.74, 6) is 0.597. The molecule has 0 amide bonds. The Labute approximate surface area is 127 Å². The minimum absolute atomic E-state index is 0.196. The van der Waals surface area contributed by atoms with Crippen LogP contribution in [0.15, 0.2) is 39.9 Å². The molecule has 0 radical (unpaired) electrons. The topological polar surface area (TPSA) is 155 Å². The number of aromatic amines is 1. The van der Waals surface area contributed by atoms with Crippen LogP contribution in [-0.4, -0.2) is 36.9 Å². The van der Waals surface area contributed by atoms with E-state index in [9.17, 15) is 15.2 Å². The number of rotatable bonds is 5. The fraction of sp³-hybridized carbons (Fsp3) is 0. The maximum atomic E-state index is 10.8. The summed E-state index contributed by atoms with van der Waals surface area (Å²) in [6.45, 7) is 0. The third-order valence-corrected chi connectivity index (χ3v) is 2.79. The standard InChI is InChI=1S/C12H9N7O4/c20-10-3-1-7(5-9(10)19(21)22)11-4-2-8(23-11)6-13-14-12-15-17-18-16-12/h1-6,20H,(H2,14,15,16,17,18). The molecule has 0 saturated heterocycles. The minimum Gasteiger partial charge on any atom is -0.502 e. The second-order valence-corrected chi connectivity index (χ2v) is 4.27. The first-order valence-corrected chi connectivity index (χ1v) is 6.23. The average Bonchev–Trinajstić information content (AvgIpc) is 3.19. The molecular weight excluding hydrogens is 306 g/mol. The molecule has 0 aliphatic carbocycles. The summed E-state index contributed by atoms with van der Waals surface area (Å²) in [5, 5.41) is 37.0. The number of nitrogens with one attached hydrogen (secondary N) is 2. The van der Waals surface area contributed by atoms with Crippen LogP contribution in [0.4, 0.5) is 11.6 Å². The SMILES string of the molecule is O=[N+]([O-])c1cc(-c2ccc(C=NNc3nn[nH]n3)o2)ccc1O. The molecule has 11 heteroatoms. The van der Waals surface area contributed by atoms with Gasteiger partial charge in [-0.3, -0.25) is 10.1 Å². The Bertz CT molecular complexity index is 856. The largest absolute Gasteiger partial charge is 0.502 e. The van der Waals surface area contributed by atoms with Gasteiger partial charge in [0.25, 0.3) is 5.95 Å². The van der Waals surface area contributed by atoms with E-state index in [1.54, 1.807) is 12.1 Å². The predicted molar refractivity (Wildman–Crippen MR) is 77.9 cm³/mol. The monoisotopic (exact) mass is 315 g/mol. The lowest BCUT2D eigenvalue weighted by Gasteiger charge is -1.99. The van der Waals surface area contributed by atoms with Crippen molar-refractivity contribution in [2.75, 3.05) is 5.43 Å². The highest BCUT2D eigenvalue weighted by Gasteiger charge is 2.15. The van der Waals surface area contributed by atoms with Gasteiger partial charge in [0.05, 0.1) is 11.1 Å². The molecule has 3 N–H and O–H groups in total. The number of anilines is 1. The third kappa shape index (κ3) is 3.12. The van der Waals surface area contributed by atoms with Crippen molar-refractivity contribution in [1.29, 1.82) is 0 Å². The van der Waals surface area contributed by atoms with Crippen LogP contribution in [0.1, 0.15) is 5.76 Å². The van der Waals surface area contributed by atoms with Gasteiger partial charge in [0.1, 0.15) is 11.5 Å². The zero-order chi connectivity index (χ0) is 16.2. The molecule has 0 aliphatic rings. The van der Waals surface area contributed by atoms with E-state index in [0.717, 1.165) is 0 Å². The Hall–Kier alpha value is -3.76. The highest BCUT2D eigenvalue weighted by atomic mass is 16.6. The third-order valence-electron chi connectivity index (χ3n) is 2.79. The zero-order valence-electron chi connectivity index (χ0n) is 11.4. The lowest BCUT2D eigenvalue weighted by atomic mass is 10.1. The fourth-order valence-corrected chi connectivity index (χ4v) is 1.76. The van der Waals surface area contributed by atoms with Crippen LogP contribution in [0.3, 0.4) is 0 Å². The van der Waals surface area contributed by atoms with Crippen LogP contribution in [0.25, 0.3) is 11.3 Å². The van der Waals surface area contributed by atoms with Gasteiger partial charge in [-0.1, -0.05) is 5.10 Å². The molecule has 0 unspecified atom stereocenters. The Morgan fingerprint density at radius 2 is 2.26 bits per heavy atom. The van der Waals surface area contributed by atoms with Crippen molar-refractivity contribution in [3.8, 4) is 17.1 Å². The van der Waals surface area contributed by atoms with Gasteiger partial charge in [0, 0.05) is 11.6 Å². The number of hydrogen-bond acceptors (Lipinski definition) is 9. The molecule has 11 nitrogen and oxygen atoms in total. The Morgan fingerprint density at radius 3 is 3.00 bits per heavy atom. The number of hydrogen-bond donors (Lipinski definition) is 3. The average molecular weight is 315 g/mol. The Kier molecular flexibility index (Phi) is 3.66. The lowest BCUT2D eigenvalue weighted by Crippen LogP contribution is -1.91. The van der Waals surface area contributed by atoms with E-state index in [4.69, 9.17) is 4.42 Å². The molecule has 0 spiro atoms. The van der Waals surface area contributed by atoms with Crippen LogP contribution >= 0.6 is 0 Å². The number of benzene rings is 1. The van der Waals surface area contributed by atoms with Crippen LogP contribution in [0, 0.1) is 10.1 Å². The molecule has 0 bridgehead atoms. The van der Waals surface area contributed by atoms with E-state index in [-0.39, 0.29) is 5.95 Å². The van der Waals surface area contributed by atoms with Gasteiger partial charge in [-0.25, -0.2) is 5.43 Å². The van der Waals surface area contributed by atoms with Gasteiger partial charge in [0.2, 0.25) is 0 Å². The van der Waals surface area contributed by atoms with Gasteiger partial charge in [-0.05, 0) is 29.5 Å². The van der Waals surface area contributed by atoms with Crippen molar-refractivity contribution in [1.82, 2.24) is 20.6 Å². The number of phenolic OH excluding ortho intramolecular Hbond substituents is 1. The number of tetrazole rings is 1. The van der Waals surface area contributed by atoms with Crippen LogP contribution in [-0.2, 0) is 0 Å². The van der Waals surface area contributed by atoms with Gasteiger partial charge in [-0.15, -0.1) is 5.10 Å². The number of nitro groups is 1. The van der Waals surface area contributed by atoms with Gasteiger partial charge < -0.3 is 9.52 Å². The van der Waals surface area contributed by atoms with E-state index in [1.165, 1.54) is 24.4 Å². The highest BCUT2D eigenvalue weighted by Crippen LogP contribution is 2.31. The van der Waals surface area contributed by atoms with Gasteiger partial charge in [0.15, 0.2) is 5.75 Å². The van der Waals surface area contributed by atoms with Crippen LogP contribution in [0.5, 0.6) is 5.75 Å². The second kappa shape index (κ2) is 5.93. The summed E-state index contributed by atoms with van der Waals surface area (Å²) in [6.07, 6.45) is 1.38. The second-order valence-electron chi connectivity index (χ2n) is 4.27. The number of aromatic nitrogens is 4. The Balaban J connectivity index is 1.78. The van der Waals surface area contributed by atoms with Crippen molar-refractivity contribution in [2.45, 2.75) is 0 Å². The minimum atomic E-state index is -0.668. The number of nitro benzene ring substituents is 1. The molecule has 116 valence electrons. The summed E-state index contributed by atoms with van der Waals surface area (Å²) < 4.78 is 5.51. The Morgan fingerprint density at radius 1 is 1.39 bits per heavy atom. The zero-order valence-corrected chi connectivity index (χ0v) is 11.4. The fourth-order valence-electron chi connectivity index (χ4n) is 1.76. The first-order valence-electron chi connectivity index (χ1n) is 6.23. The normalized spacial score (nSPS) is 11.0. The van der Waals surface area contributed by atoms with E-state index in [2.05, 4.69) is 31.2 Å². The summed E-state index contributed by atoms with van der Waals surface area (Å²) >= 11 is 0. The molecule has 0 saturated carbocycles.